The molecule has 0 fully saturated rings. The summed E-state index contributed by atoms with van der Waals surface area (Å²) in [6.07, 6.45) is 3.55. The van der Waals surface area contributed by atoms with Crippen molar-refractivity contribution in [1.29, 1.82) is 0 Å². The summed E-state index contributed by atoms with van der Waals surface area (Å²) in [5.41, 5.74) is 3.03. The number of aldehydes is 1. The Kier molecular flexibility index (Phi) is 7.47. The van der Waals surface area contributed by atoms with Gasteiger partial charge in [0.05, 0.1) is 12.2 Å². The minimum atomic E-state index is -1.39. The summed E-state index contributed by atoms with van der Waals surface area (Å²) in [6.45, 7) is 6.04. The molecule has 0 saturated heterocycles. The molecule has 2 rings (SSSR count). The highest BCUT2D eigenvalue weighted by Crippen LogP contribution is 2.25. The molecule has 0 saturated carbocycles. The van der Waals surface area contributed by atoms with E-state index in [1.54, 1.807) is 12.3 Å². The number of hydrogen-bond donors (Lipinski definition) is 1. The normalized spacial score (nSPS) is 12.7. The van der Waals surface area contributed by atoms with Crippen LogP contribution in [0.4, 0.5) is 4.39 Å². The molecule has 1 aromatic heterocycles. The minimum absolute atomic E-state index is 0.119. The van der Waals surface area contributed by atoms with E-state index in [1.165, 1.54) is 20.3 Å². The number of aryl methyl sites for hydroxylation is 1. The number of pyridine rings is 1. The first-order valence-electron chi connectivity index (χ1n) is 8.83. The Morgan fingerprint density at radius 3 is 2.59 bits per heavy atom. The second-order valence-electron chi connectivity index (χ2n) is 6.25. The van der Waals surface area contributed by atoms with Crippen LogP contribution in [0.25, 0.3) is 0 Å². The maximum Gasteiger partial charge on any atom is 0.238 e. The molecule has 0 bridgehead atoms. The third-order valence-electron chi connectivity index (χ3n) is 4.77. The second kappa shape index (κ2) is 9.60. The predicted octanol–water partition coefficient (Wildman–Crippen LogP) is 3.03. The lowest BCUT2D eigenvalue weighted by atomic mass is 9.92. The number of nitrogens with one attached hydrogen (secondary N) is 1. The van der Waals surface area contributed by atoms with Crippen molar-refractivity contribution in [2.24, 2.45) is 0 Å². The van der Waals surface area contributed by atoms with Crippen LogP contribution in [0.1, 0.15) is 35.3 Å². The standard InChI is InChI=1S/C21H26FN2O3/c1-5-16-9-10-18(22)15(2)17(16)12-20(19-8-6-7-11-23-19)24-13-21(14-25,26-3)27-4/h6-11,14,20,24H,2,5,12-13H2,1,3-4H3/q-1. The Bertz CT molecular complexity index is 749. The van der Waals surface area contributed by atoms with Crippen molar-refractivity contribution in [2.75, 3.05) is 20.8 Å². The number of aromatic nitrogens is 1. The van der Waals surface area contributed by atoms with Crippen molar-refractivity contribution in [2.45, 2.75) is 31.6 Å². The largest absolute Gasteiger partial charge is 0.346 e. The maximum atomic E-state index is 14.1. The number of halogens is 1. The lowest BCUT2D eigenvalue weighted by molar-refractivity contribution is -0.193. The summed E-state index contributed by atoms with van der Waals surface area (Å²) in [5, 5.41) is 3.28. The quantitative estimate of drug-likeness (QED) is 0.394. The van der Waals surface area contributed by atoms with Gasteiger partial charge in [-0.05, 0) is 18.6 Å². The number of carbonyl (C=O) groups excluding carboxylic acids is 1. The van der Waals surface area contributed by atoms with Crippen LogP contribution in [0.2, 0.25) is 0 Å². The third kappa shape index (κ3) is 4.91. The lowest BCUT2D eigenvalue weighted by Gasteiger charge is -2.30. The van der Waals surface area contributed by atoms with Crippen molar-refractivity contribution in [3.05, 3.63) is 71.7 Å². The first-order chi connectivity index (χ1) is 13.0. The first-order valence-corrected chi connectivity index (χ1v) is 8.83. The zero-order chi connectivity index (χ0) is 19.9. The van der Waals surface area contributed by atoms with Gasteiger partial charge in [0.1, 0.15) is 0 Å². The van der Waals surface area contributed by atoms with E-state index in [-0.39, 0.29) is 18.4 Å². The summed E-state index contributed by atoms with van der Waals surface area (Å²) in [4.78, 5) is 15.8. The number of methoxy groups -OCH3 is 2. The van der Waals surface area contributed by atoms with E-state index in [0.29, 0.717) is 18.3 Å². The molecule has 1 unspecified atom stereocenters. The number of hydrogen-bond acceptors (Lipinski definition) is 5. The Hall–Kier alpha value is -2.28. The first kappa shape index (κ1) is 21.0. The number of carbonyl (C=O) groups is 1. The van der Waals surface area contributed by atoms with E-state index in [9.17, 15) is 9.18 Å². The van der Waals surface area contributed by atoms with Crippen LogP contribution in [0.15, 0.2) is 36.5 Å². The molecule has 0 amide bonds. The molecule has 1 N–H and O–H groups in total. The molecule has 146 valence electrons. The molecule has 1 atom stereocenters. The molecule has 0 spiro atoms. The molecular weight excluding hydrogens is 347 g/mol. The lowest BCUT2D eigenvalue weighted by Crippen LogP contribution is -2.47. The van der Waals surface area contributed by atoms with Crippen LogP contribution >= 0.6 is 0 Å². The molecule has 1 heterocycles. The minimum Gasteiger partial charge on any atom is -0.346 e. The van der Waals surface area contributed by atoms with Crippen molar-refractivity contribution in [3.63, 3.8) is 0 Å². The van der Waals surface area contributed by atoms with Crippen LogP contribution < -0.4 is 5.32 Å². The van der Waals surface area contributed by atoms with Gasteiger partial charge in [0, 0.05) is 32.3 Å². The Morgan fingerprint density at radius 2 is 2.04 bits per heavy atom. The van der Waals surface area contributed by atoms with Gasteiger partial charge < -0.3 is 14.8 Å². The highest BCUT2D eigenvalue weighted by Gasteiger charge is 2.30. The van der Waals surface area contributed by atoms with Gasteiger partial charge in [-0.15, -0.1) is 11.1 Å². The summed E-state index contributed by atoms with van der Waals surface area (Å²) in [6, 6.07) is 8.55. The molecule has 0 aliphatic heterocycles. The van der Waals surface area contributed by atoms with Crippen molar-refractivity contribution < 1.29 is 18.7 Å². The summed E-state index contributed by atoms with van der Waals surface area (Å²) in [7, 11) is 2.82. The van der Waals surface area contributed by atoms with Crippen LogP contribution in [0.3, 0.4) is 0 Å². The fourth-order valence-electron chi connectivity index (χ4n) is 3.00. The van der Waals surface area contributed by atoms with Crippen LogP contribution in [-0.2, 0) is 27.1 Å². The fourth-order valence-corrected chi connectivity index (χ4v) is 3.00. The van der Waals surface area contributed by atoms with Gasteiger partial charge in [-0.25, -0.2) is 0 Å². The van der Waals surface area contributed by atoms with E-state index < -0.39 is 5.79 Å². The third-order valence-corrected chi connectivity index (χ3v) is 4.77. The SMILES string of the molecule is [CH2-]c1c(F)ccc(CC)c1CC(NCC(C=O)(OC)OC)c1ccccn1. The Labute approximate surface area is 159 Å². The van der Waals surface area contributed by atoms with Gasteiger partial charge in [-0.1, -0.05) is 31.5 Å². The predicted molar refractivity (Wildman–Crippen MR) is 102 cm³/mol. The summed E-state index contributed by atoms with van der Waals surface area (Å²) >= 11 is 0. The number of rotatable bonds is 10. The van der Waals surface area contributed by atoms with E-state index in [0.717, 1.165) is 23.2 Å². The second-order valence-corrected chi connectivity index (χ2v) is 6.25. The zero-order valence-electron chi connectivity index (χ0n) is 16.0. The van der Waals surface area contributed by atoms with Gasteiger partial charge in [0.15, 0.2) is 6.29 Å². The Balaban J connectivity index is 2.35. The van der Waals surface area contributed by atoms with E-state index >= 15 is 0 Å². The van der Waals surface area contributed by atoms with Crippen LogP contribution in [-0.4, -0.2) is 37.8 Å². The average molecular weight is 373 g/mol. The van der Waals surface area contributed by atoms with E-state index in [2.05, 4.69) is 17.2 Å². The summed E-state index contributed by atoms with van der Waals surface area (Å²) in [5.74, 6) is -1.73. The monoisotopic (exact) mass is 373 g/mol. The number of ether oxygens (including phenoxy) is 2. The number of benzene rings is 1. The maximum absolute atomic E-state index is 14.1. The molecule has 27 heavy (non-hydrogen) atoms. The van der Waals surface area contributed by atoms with Gasteiger partial charge in [0.25, 0.3) is 0 Å². The van der Waals surface area contributed by atoms with Gasteiger partial charge in [-0.3, -0.25) is 14.2 Å². The molecule has 2 aromatic rings. The fraction of sp³-hybridized carbons (Fsp3) is 0.381. The topological polar surface area (TPSA) is 60.5 Å². The van der Waals surface area contributed by atoms with Crippen molar-refractivity contribution >= 4 is 6.29 Å². The Morgan fingerprint density at radius 1 is 1.30 bits per heavy atom. The zero-order valence-corrected chi connectivity index (χ0v) is 16.0. The highest BCUT2D eigenvalue weighted by molar-refractivity contribution is 5.60. The van der Waals surface area contributed by atoms with E-state index in [1.807, 2.05) is 25.1 Å². The van der Waals surface area contributed by atoms with Crippen molar-refractivity contribution in [1.82, 2.24) is 10.3 Å². The van der Waals surface area contributed by atoms with E-state index in [4.69, 9.17) is 9.47 Å². The highest BCUT2D eigenvalue weighted by atomic mass is 19.1. The molecule has 1 aromatic carbocycles. The van der Waals surface area contributed by atoms with Crippen LogP contribution in [0.5, 0.6) is 0 Å². The van der Waals surface area contributed by atoms with Gasteiger partial charge >= 0.3 is 0 Å². The molecule has 5 nitrogen and oxygen atoms in total. The molecule has 6 heteroatoms. The number of nitrogens with zero attached hydrogens (tertiary/aromatic N) is 1. The molecule has 0 radical (unpaired) electrons. The van der Waals surface area contributed by atoms with Crippen molar-refractivity contribution in [3.8, 4) is 0 Å². The average Bonchev–Trinajstić information content (AvgIpc) is 2.72. The molecule has 0 aliphatic carbocycles. The smallest absolute Gasteiger partial charge is 0.238 e. The van der Waals surface area contributed by atoms with Gasteiger partial charge in [-0.2, -0.15) is 12.5 Å². The van der Waals surface area contributed by atoms with Gasteiger partial charge in [0.2, 0.25) is 5.79 Å². The summed E-state index contributed by atoms with van der Waals surface area (Å²) < 4.78 is 24.5. The molecular formula is C21H26FN2O3-. The molecule has 0 aliphatic rings. The van der Waals surface area contributed by atoms with Crippen LogP contribution in [0, 0.1) is 12.7 Å².